The first-order chi connectivity index (χ1) is 42.5. The van der Waals surface area contributed by atoms with E-state index in [2.05, 4.69) is 79.9 Å². The molecule has 0 saturated carbocycles. The van der Waals surface area contributed by atoms with E-state index in [1.165, 1.54) is 283 Å². The second kappa shape index (κ2) is 68.6. The summed E-state index contributed by atoms with van der Waals surface area (Å²) in [6, 6.07) is -0.763. The number of nitrogens with zero attached hydrogens (tertiary/aromatic N) is 1. The maximum atomic E-state index is 13.1. The highest BCUT2D eigenvalue weighted by molar-refractivity contribution is 7.47. The molecule has 0 aliphatic rings. The van der Waals surface area contributed by atoms with Crippen molar-refractivity contribution in [3.05, 3.63) is 60.8 Å². The SMILES string of the molecule is CC/C=C\C/C=C\C/C=C\C/C=C\C/C=C\CCCCCCCCCCCCCCCCCCCCCC(=O)NC(COP(=O)(O)OCC[N+](C)(C)C)C(O)CCCCCCCCCCCCCCCCCCCCCCCCCCCCCCCC. The summed E-state index contributed by atoms with van der Waals surface area (Å²) in [6.07, 6.45) is 94.9. The van der Waals surface area contributed by atoms with E-state index in [-0.39, 0.29) is 19.1 Å². The quantitative estimate of drug-likeness (QED) is 0.0243. The molecule has 8 nitrogen and oxygen atoms in total. The third-order valence-corrected chi connectivity index (χ3v) is 18.5. The summed E-state index contributed by atoms with van der Waals surface area (Å²) in [4.78, 5) is 23.5. The Morgan fingerprint density at radius 1 is 0.402 bits per heavy atom. The van der Waals surface area contributed by atoms with E-state index in [0.29, 0.717) is 23.9 Å². The zero-order chi connectivity index (χ0) is 63.4. The molecule has 9 heteroatoms. The monoisotopic (exact) mass is 1240 g/mol. The van der Waals surface area contributed by atoms with Gasteiger partial charge in [-0.25, -0.2) is 4.57 Å². The van der Waals surface area contributed by atoms with Crippen molar-refractivity contribution in [2.75, 3.05) is 40.9 Å². The van der Waals surface area contributed by atoms with Gasteiger partial charge in [-0.2, -0.15) is 0 Å². The number of hydrogen-bond acceptors (Lipinski definition) is 5. The smallest absolute Gasteiger partial charge is 0.391 e. The predicted octanol–water partition coefficient (Wildman–Crippen LogP) is 24.7. The van der Waals surface area contributed by atoms with Crippen LogP contribution in [0.2, 0.25) is 0 Å². The summed E-state index contributed by atoms with van der Waals surface area (Å²) in [5, 5.41) is 14.2. The van der Waals surface area contributed by atoms with Crippen molar-refractivity contribution < 1.29 is 32.9 Å². The van der Waals surface area contributed by atoms with Gasteiger partial charge in [0.2, 0.25) is 5.91 Å². The van der Waals surface area contributed by atoms with Crippen LogP contribution in [0.1, 0.15) is 380 Å². The highest BCUT2D eigenvalue weighted by Gasteiger charge is 2.28. The highest BCUT2D eigenvalue weighted by Crippen LogP contribution is 2.43. The minimum Gasteiger partial charge on any atom is -0.391 e. The van der Waals surface area contributed by atoms with Gasteiger partial charge < -0.3 is 19.8 Å². The minimum absolute atomic E-state index is 0.0757. The summed E-state index contributed by atoms with van der Waals surface area (Å²) >= 11 is 0. The number of carbonyl (C=O) groups excluding carboxylic acids is 1. The molecule has 1 amide bonds. The molecule has 3 unspecified atom stereocenters. The van der Waals surface area contributed by atoms with Crippen LogP contribution >= 0.6 is 7.82 Å². The standard InChI is InChI=1S/C78H149N2O6P/c1-6-8-10-12-14-16-18-20-22-24-26-28-30-32-34-36-38-39-40-41-42-44-46-48-50-52-54-56-58-60-62-64-66-68-70-72-78(82)79-76(75-86-87(83,84)85-74-73-80(3,4)5)77(81)71-69-67-65-63-61-59-57-55-53-51-49-47-45-43-37-35-33-31-29-27-25-23-21-19-17-15-13-11-9-7-2/h8,10,14,16,20,22,26,28,32,34,76-77,81H,6-7,9,11-13,15,17-19,21,23-25,27,29-31,33,35-75H2,1-5H3,(H-,79,82,83,84)/p+1/b10-8-,16-14-,22-20-,28-26-,34-32-. The Morgan fingerprint density at radius 2 is 0.690 bits per heavy atom. The van der Waals surface area contributed by atoms with Gasteiger partial charge in [0.25, 0.3) is 0 Å². The van der Waals surface area contributed by atoms with Gasteiger partial charge in [-0.1, -0.05) is 376 Å². The summed E-state index contributed by atoms with van der Waals surface area (Å²) in [5.74, 6) is -0.137. The van der Waals surface area contributed by atoms with Crippen molar-refractivity contribution in [3.8, 4) is 0 Å². The molecule has 3 atom stereocenters. The number of allylic oxidation sites excluding steroid dienone is 10. The van der Waals surface area contributed by atoms with Gasteiger partial charge in [-0.15, -0.1) is 0 Å². The Labute approximate surface area is 542 Å². The van der Waals surface area contributed by atoms with Crippen molar-refractivity contribution in [2.45, 2.75) is 392 Å². The number of aliphatic hydroxyl groups excluding tert-OH is 1. The molecule has 0 rings (SSSR count). The number of quaternary nitrogens is 1. The number of nitrogens with one attached hydrogen (secondary N) is 1. The number of unbranched alkanes of at least 4 members (excludes halogenated alkanes) is 48. The zero-order valence-corrected chi connectivity index (χ0v) is 59.7. The molecule has 0 heterocycles. The molecule has 0 aromatic rings. The van der Waals surface area contributed by atoms with Crippen LogP contribution in [-0.2, 0) is 18.4 Å². The maximum Gasteiger partial charge on any atom is 0.472 e. The number of amides is 1. The summed E-state index contributed by atoms with van der Waals surface area (Å²) in [6.45, 7) is 4.83. The number of phosphoric ester groups is 1. The van der Waals surface area contributed by atoms with Gasteiger partial charge >= 0.3 is 7.82 Å². The van der Waals surface area contributed by atoms with Gasteiger partial charge in [-0.3, -0.25) is 13.8 Å². The maximum absolute atomic E-state index is 13.1. The number of hydrogen-bond donors (Lipinski definition) is 3. The van der Waals surface area contributed by atoms with Crippen LogP contribution in [0, 0.1) is 0 Å². The number of carbonyl (C=O) groups is 1. The first kappa shape index (κ1) is 85.2. The fourth-order valence-electron chi connectivity index (χ4n) is 11.7. The average molecular weight is 1240 g/mol. The van der Waals surface area contributed by atoms with Gasteiger partial charge in [0.05, 0.1) is 39.9 Å². The van der Waals surface area contributed by atoms with Crippen LogP contribution in [0.15, 0.2) is 60.8 Å². The molecule has 0 aliphatic carbocycles. The van der Waals surface area contributed by atoms with Gasteiger partial charge in [0.1, 0.15) is 13.2 Å². The molecule has 0 radical (unpaired) electrons. The lowest BCUT2D eigenvalue weighted by atomic mass is 10.0. The van der Waals surface area contributed by atoms with Crippen molar-refractivity contribution in [2.24, 2.45) is 0 Å². The number of phosphoric acid groups is 1. The second-order valence-electron chi connectivity index (χ2n) is 27.4. The number of rotatable bonds is 71. The summed E-state index contributed by atoms with van der Waals surface area (Å²) < 4.78 is 23.9. The molecular formula is C78H150N2O6P+. The molecule has 0 spiro atoms. The molecule has 0 aliphatic heterocycles. The lowest BCUT2D eigenvalue weighted by Gasteiger charge is -2.26. The van der Waals surface area contributed by atoms with Crippen LogP contribution in [-0.4, -0.2) is 73.4 Å². The summed E-state index contributed by atoms with van der Waals surface area (Å²) in [7, 11) is 1.63. The van der Waals surface area contributed by atoms with Crippen LogP contribution in [0.25, 0.3) is 0 Å². The Hall–Kier alpha value is -1.80. The van der Waals surface area contributed by atoms with Gasteiger partial charge in [0.15, 0.2) is 0 Å². The topological polar surface area (TPSA) is 105 Å². The van der Waals surface area contributed by atoms with E-state index in [1.54, 1.807) is 0 Å². The van der Waals surface area contributed by atoms with E-state index >= 15 is 0 Å². The molecular weight excluding hydrogens is 1090 g/mol. The van der Waals surface area contributed by atoms with Crippen molar-refractivity contribution in [1.82, 2.24) is 5.32 Å². The summed E-state index contributed by atoms with van der Waals surface area (Å²) in [5.41, 5.74) is 0. The fourth-order valence-corrected chi connectivity index (χ4v) is 12.4. The lowest BCUT2D eigenvalue weighted by Crippen LogP contribution is -2.46. The van der Waals surface area contributed by atoms with E-state index < -0.39 is 20.0 Å². The molecule has 0 fully saturated rings. The molecule has 0 saturated heterocycles. The van der Waals surface area contributed by atoms with E-state index in [4.69, 9.17) is 9.05 Å². The largest absolute Gasteiger partial charge is 0.472 e. The average Bonchev–Trinajstić information content (AvgIpc) is 3.70. The molecule has 0 aromatic carbocycles. The number of aliphatic hydroxyl groups is 1. The fraction of sp³-hybridized carbons (Fsp3) is 0.859. The van der Waals surface area contributed by atoms with Crippen LogP contribution < -0.4 is 5.32 Å². The lowest BCUT2D eigenvalue weighted by molar-refractivity contribution is -0.870. The molecule has 87 heavy (non-hydrogen) atoms. The molecule has 0 aromatic heterocycles. The minimum atomic E-state index is -4.33. The first-order valence-corrected chi connectivity index (χ1v) is 39.6. The van der Waals surface area contributed by atoms with E-state index in [9.17, 15) is 19.4 Å². The van der Waals surface area contributed by atoms with E-state index in [1.807, 2.05) is 21.1 Å². The second-order valence-corrected chi connectivity index (χ2v) is 28.8. The highest BCUT2D eigenvalue weighted by atomic mass is 31.2. The van der Waals surface area contributed by atoms with E-state index in [0.717, 1.165) is 70.6 Å². The van der Waals surface area contributed by atoms with Crippen LogP contribution in [0.3, 0.4) is 0 Å². The van der Waals surface area contributed by atoms with Crippen LogP contribution in [0.4, 0.5) is 0 Å². The number of likely N-dealkylation sites (N-methyl/N-ethyl adjacent to an activating group) is 1. The Bertz CT molecular complexity index is 1600. The third kappa shape index (κ3) is 71.5. The first-order valence-electron chi connectivity index (χ1n) is 38.2. The predicted molar refractivity (Wildman–Crippen MR) is 383 cm³/mol. The van der Waals surface area contributed by atoms with Crippen molar-refractivity contribution in [1.29, 1.82) is 0 Å². The molecule has 512 valence electrons. The zero-order valence-electron chi connectivity index (χ0n) is 58.8. The third-order valence-electron chi connectivity index (χ3n) is 17.5. The Morgan fingerprint density at radius 3 is 1.01 bits per heavy atom. The van der Waals surface area contributed by atoms with Gasteiger partial charge in [0, 0.05) is 6.42 Å². The molecule has 0 bridgehead atoms. The van der Waals surface area contributed by atoms with Crippen molar-refractivity contribution >= 4 is 13.7 Å². The molecule has 3 N–H and O–H groups in total. The van der Waals surface area contributed by atoms with Crippen LogP contribution in [0.5, 0.6) is 0 Å². The Balaban J connectivity index is 3.96. The Kier molecular flexibility index (Phi) is 67.1. The van der Waals surface area contributed by atoms with Gasteiger partial charge in [-0.05, 0) is 57.8 Å². The normalized spacial score (nSPS) is 13.9. The van der Waals surface area contributed by atoms with Crippen molar-refractivity contribution in [3.63, 3.8) is 0 Å².